The average Bonchev–Trinajstić information content (AvgIpc) is 3.15. The molecule has 0 saturated carbocycles. The van der Waals surface area contributed by atoms with E-state index in [0.717, 1.165) is 43.4 Å². The summed E-state index contributed by atoms with van der Waals surface area (Å²) in [6.07, 6.45) is 10.0. The highest BCUT2D eigenvalue weighted by atomic mass is 16.5. The van der Waals surface area contributed by atoms with Gasteiger partial charge in [0.05, 0.1) is 28.7 Å². The Kier molecular flexibility index (Phi) is 6.78. The number of hydrogen-bond acceptors (Lipinski definition) is 5. The summed E-state index contributed by atoms with van der Waals surface area (Å²) in [5, 5.41) is 9.03. The molecule has 0 radical (unpaired) electrons. The van der Waals surface area contributed by atoms with E-state index < -0.39 is 0 Å². The lowest BCUT2D eigenvalue weighted by Crippen LogP contribution is -2.35. The van der Waals surface area contributed by atoms with Crippen LogP contribution in [-0.4, -0.2) is 65.0 Å². The van der Waals surface area contributed by atoms with E-state index in [1.54, 1.807) is 12.3 Å². The number of nitrogens with zero attached hydrogens (tertiary/aromatic N) is 3. The molecule has 0 bridgehead atoms. The normalized spacial score (nSPS) is 18.2. The predicted molar refractivity (Wildman–Crippen MR) is 134 cm³/mol. The lowest BCUT2D eigenvalue weighted by atomic mass is 10.0. The molecule has 8 heteroatoms. The van der Waals surface area contributed by atoms with Crippen LogP contribution < -0.4 is 10.9 Å². The number of amides is 1. The topological polar surface area (TPSA) is 92.2 Å². The van der Waals surface area contributed by atoms with Crippen molar-refractivity contribution in [3.8, 4) is 0 Å². The van der Waals surface area contributed by atoms with Gasteiger partial charge in [-0.3, -0.25) is 14.3 Å². The molecule has 0 aliphatic carbocycles. The van der Waals surface area contributed by atoms with Crippen LogP contribution in [0.25, 0.3) is 27.9 Å². The third kappa shape index (κ3) is 4.52. The molecule has 5 rings (SSSR count). The molecule has 180 valence electrons. The van der Waals surface area contributed by atoms with Gasteiger partial charge < -0.3 is 19.9 Å². The molecule has 2 saturated heterocycles. The van der Waals surface area contributed by atoms with Gasteiger partial charge in [-0.25, -0.2) is 0 Å². The first-order valence-electron chi connectivity index (χ1n) is 12.4. The van der Waals surface area contributed by atoms with Gasteiger partial charge in [0.2, 0.25) is 0 Å². The van der Waals surface area contributed by atoms with Crippen LogP contribution in [0.1, 0.15) is 60.5 Å². The molecule has 0 spiro atoms. The van der Waals surface area contributed by atoms with Crippen LogP contribution >= 0.6 is 0 Å². The summed E-state index contributed by atoms with van der Waals surface area (Å²) in [4.78, 5) is 31.4. The third-order valence-electron chi connectivity index (χ3n) is 7.15. The highest BCUT2D eigenvalue weighted by Gasteiger charge is 2.22. The van der Waals surface area contributed by atoms with Gasteiger partial charge in [0.15, 0.2) is 0 Å². The first-order valence-corrected chi connectivity index (χ1v) is 12.4. The van der Waals surface area contributed by atoms with Crippen molar-refractivity contribution >= 4 is 33.8 Å². The molecule has 2 N–H and O–H groups in total. The van der Waals surface area contributed by atoms with Gasteiger partial charge in [-0.1, -0.05) is 25.5 Å². The van der Waals surface area contributed by atoms with Crippen LogP contribution in [0.4, 0.5) is 0 Å². The minimum absolute atomic E-state index is 0.122. The number of aromatic nitrogens is 3. The smallest absolute Gasteiger partial charge is 0.259 e. The number of rotatable bonds is 6. The van der Waals surface area contributed by atoms with E-state index in [-0.39, 0.29) is 17.5 Å². The Hall–Kier alpha value is -2.97. The molecule has 8 nitrogen and oxygen atoms in total. The minimum Gasteiger partial charge on any atom is -0.381 e. The molecule has 2 aliphatic heterocycles. The maximum absolute atomic E-state index is 13.2. The number of aromatic amines is 1. The molecule has 2 aliphatic rings. The Labute approximate surface area is 199 Å². The van der Waals surface area contributed by atoms with Gasteiger partial charge in [0, 0.05) is 37.3 Å². The van der Waals surface area contributed by atoms with E-state index in [0.29, 0.717) is 41.8 Å². The third-order valence-corrected chi connectivity index (χ3v) is 7.15. The summed E-state index contributed by atoms with van der Waals surface area (Å²) < 4.78 is 7.46. The highest BCUT2D eigenvalue weighted by Crippen LogP contribution is 2.30. The lowest BCUT2D eigenvalue weighted by molar-refractivity contribution is 0.0675. The van der Waals surface area contributed by atoms with Crippen LogP contribution in [0.3, 0.4) is 0 Å². The quantitative estimate of drug-likeness (QED) is 0.584. The van der Waals surface area contributed by atoms with E-state index in [1.807, 2.05) is 16.8 Å². The number of carbonyl (C=O) groups excluding carboxylic acids is 1. The summed E-state index contributed by atoms with van der Waals surface area (Å²) >= 11 is 0. The number of fused-ring (bicyclic) bond motifs is 3. The zero-order valence-corrected chi connectivity index (χ0v) is 19.6. The van der Waals surface area contributed by atoms with E-state index in [2.05, 4.69) is 26.9 Å². The lowest BCUT2D eigenvalue weighted by Gasteiger charge is -2.23. The van der Waals surface area contributed by atoms with Crippen molar-refractivity contribution in [2.45, 2.75) is 44.6 Å². The number of likely N-dealkylation sites (tertiary alicyclic amines) is 1. The standard InChI is InChI=1S/C26H33N5O3/c1-2-18-15-23-21(16-20(18)25(32)27-9-12-30-10-5-3-4-6-11-30)24-22(26(33)29-23)17-28-31(24)19-7-13-34-14-8-19/h2,15-17,19H,1,3-14H2,(H,27,32)(H,29,33). The molecular formula is C26H33N5O3. The van der Waals surface area contributed by atoms with Crippen LogP contribution in [0, 0.1) is 0 Å². The Morgan fingerprint density at radius 3 is 2.68 bits per heavy atom. The largest absolute Gasteiger partial charge is 0.381 e. The van der Waals surface area contributed by atoms with Crippen molar-refractivity contribution in [1.29, 1.82) is 0 Å². The van der Waals surface area contributed by atoms with Crippen molar-refractivity contribution in [3.63, 3.8) is 0 Å². The zero-order valence-electron chi connectivity index (χ0n) is 19.6. The van der Waals surface area contributed by atoms with Gasteiger partial charge in [-0.05, 0) is 56.5 Å². The Morgan fingerprint density at radius 1 is 1.18 bits per heavy atom. The second-order valence-electron chi connectivity index (χ2n) is 9.35. The van der Waals surface area contributed by atoms with E-state index in [4.69, 9.17) is 4.74 Å². The number of nitrogens with one attached hydrogen (secondary N) is 2. The Bertz CT molecular complexity index is 1250. The molecule has 3 aromatic rings. The van der Waals surface area contributed by atoms with Crippen LogP contribution in [0.2, 0.25) is 0 Å². The molecule has 1 aromatic carbocycles. The van der Waals surface area contributed by atoms with E-state index in [9.17, 15) is 9.59 Å². The van der Waals surface area contributed by atoms with E-state index >= 15 is 0 Å². The monoisotopic (exact) mass is 463 g/mol. The Morgan fingerprint density at radius 2 is 1.94 bits per heavy atom. The second kappa shape index (κ2) is 10.1. The maximum atomic E-state index is 13.2. The zero-order chi connectivity index (χ0) is 23.5. The molecule has 0 atom stereocenters. The van der Waals surface area contributed by atoms with Crippen LogP contribution in [0.5, 0.6) is 0 Å². The van der Waals surface area contributed by atoms with Crippen molar-refractivity contribution < 1.29 is 9.53 Å². The fourth-order valence-electron chi connectivity index (χ4n) is 5.26. The van der Waals surface area contributed by atoms with Crippen molar-refractivity contribution in [3.05, 3.63) is 46.4 Å². The summed E-state index contributed by atoms with van der Waals surface area (Å²) in [6.45, 7) is 8.93. The second-order valence-corrected chi connectivity index (χ2v) is 9.35. The van der Waals surface area contributed by atoms with Crippen LogP contribution in [-0.2, 0) is 4.74 Å². The summed E-state index contributed by atoms with van der Waals surface area (Å²) in [6, 6.07) is 3.89. The summed E-state index contributed by atoms with van der Waals surface area (Å²) in [5.41, 5.74) is 2.55. The van der Waals surface area contributed by atoms with Crippen molar-refractivity contribution in [2.75, 3.05) is 39.4 Å². The molecular weight excluding hydrogens is 430 g/mol. The SMILES string of the molecule is C=Cc1cc2[nH]c(=O)c3cnn(C4CCOCC4)c3c2cc1C(=O)NCCN1CCCCCC1. The van der Waals surface area contributed by atoms with Gasteiger partial charge in [-0.2, -0.15) is 5.10 Å². The fourth-order valence-corrected chi connectivity index (χ4v) is 5.26. The van der Waals surface area contributed by atoms with E-state index in [1.165, 1.54) is 25.7 Å². The predicted octanol–water partition coefficient (Wildman–Crippen LogP) is 3.48. The van der Waals surface area contributed by atoms with Gasteiger partial charge in [0.25, 0.3) is 11.5 Å². The number of benzene rings is 1. The highest BCUT2D eigenvalue weighted by molar-refractivity contribution is 6.08. The number of ether oxygens (including phenoxy) is 1. The van der Waals surface area contributed by atoms with Gasteiger partial charge in [-0.15, -0.1) is 0 Å². The molecule has 1 amide bonds. The number of H-pyrrole nitrogens is 1. The van der Waals surface area contributed by atoms with Gasteiger partial charge >= 0.3 is 0 Å². The van der Waals surface area contributed by atoms with Crippen LogP contribution in [0.15, 0.2) is 29.7 Å². The summed E-state index contributed by atoms with van der Waals surface area (Å²) in [5.74, 6) is -0.122. The number of hydrogen-bond donors (Lipinski definition) is 2. The number of carbonyl (C=O) groups is 1. The average molecular weight is 464 g/mol. The molecule has 4 heterocycles. The van der Waals surface area contributed by atoms with Crippen molar-refractivity contribution in [1.82, 2.24) is 25.0 Å². The maximum Gasteiger partial charge on any atom is 0.259 e. The minimum atomic E-state index is -0.175. The first-order chi connectivity index (χ1) is 16.7. The molecule has 2 aromatic heterocycles. The fraction of sp³-hybridized carbons (Fsp3) is 0.500. The summed E-state index contributed by atoms with van der Waals surface area (Å²) in [7, 11) is 0. The van der Waals surface area contributed by atoms with Gasteiger partial charge in [0.1, 0.15) is 0 Å². The number of pyridine rings is 1. The molecule has 0 unspecified atom stereocenters. The van der Waals surface area contributed by atoms with Crippen molar-refractivity contribution in [2.24, 2.45) is 0 Å². The molecule has 2 fully saturated rings. The Balaban J connectivity index is 1.47. The first kappa shape index (κ1) is 22.8. The molecule has 34 heavy (non-hydrogen) atoms.